The molecule has 2 saturated heterocycles. The zero-order valence-corrected chi connectivity index (χ0v) is 23.0. The lowest BCUT2D eigenvalue weighted by Gasteiger charge is -2.41. The topological polar surface area (TPSA) is 121 Å². The molecule has 1 aliphatic carbocycles. The van der Waals surface area contributed by atoms with E-state index in [1.165, 1.54) is 25.7 Å². The number of nitrogens with one attached hydrogen (secondary N) is 2. The van der Waals surface area contributed by atoms with Gasteiger partial charge in [-0.1, -0.05) is 6.58 Å². The van der Waals surface area contributed by atoms with Crippen LogP contribution in [0.5, 0.6) is 0 Å². The molecule has 4 N–H and O–H groups in total. The summed E-state index contributed by atoms with van der Waals surface area (Å²) in [5.41, 5.74) is 8.70. The van der Waals surface area contributed by atoms with E-state index >= 15 is 0 Å². The summed E-state index contributed by atoms with van der Waals surface area (Å²) in [5, 5.41) is 5.75. The number of likely N-dealkylation sites (tertiary alicyclic amines) is 1. The van der Waals surface area contributed by atoms with Gasteiger partial charge in [0.1, 0.15) is 5.82 Å². The Labute approximate surface area is 230 Å². The highest BCUT2D eigenvalue weighted by Gasteiger charge is 2.29. The van der Waals surface area contributed by atoms with Crippen LogP contribution in [0.25, 0.3) is 0 Å². The van der Waals surface area contributed by atoms with Gasteiger partial charge in [0.25, 0.3) is 11.8 Å². The number of Topliss-reactive ketones (excluding diaryl/α,β-unsaturated/α-hetero) is 1. The van der Waals surface area contributed by atoms with Crippen molar-refractivity contribution in [1.29, 1.82) is 0 Å². The molecule has 2 aliphatic heterocycles. The van der Waals surface area contributed by atoms with E-state index in [9.17, 15) is 14.4 Å². The predicted molar refractivity (Wildman–Crippen MR) is 154 cm³/mol. The molecule has 2 aromatic rings. The van der Waals surface area contributed by atoms with Crippen LogP contribution in [-0.2, 0) is 0 Å². The molecular weight excluding hydrogens is 492 g/mol. The molecule has 39 heavy (non-hydrogen) atoms. The number of anilines is 2. The van der Waals surface area contributed by atoms with E-state index in [4.69, 9.17) is 5.73 Å². The third kappa shape index (κ3) is 7.44. The second kappa shape index (κ2) is 12.9. The minimum Gasteiger partial charge on any atom is -0.384 e. The smallest absolute Gasteiger partial charge is 0.251 e. The fourth-order valence-corrected chi connectivity index (χ4v) is 4.99. The molecule has 5 rings (SSSR count). The van der Waals surface area contributed by atoms with Gasteiger partial charge in [-0.25, -0.2) is 4.98 Å². The normalized spacial score (nSPS) is 18.6. The molecular formula is C30H40N6O3. The highest BCUT2D eigenvalue weighted by molar-refractivity contribution is 6.02. The zero-order chi connectivity index (χ0) is 27.9. The van der Waals surface area contributed by atoms with Crippen molar-refractivity contribution in [2.45, 2.75) is 51.5 Å². The highest BCUT2D eigenvalue weighted by Crippen LogP contribution is 2.32. The summed E-state index contributed by atoms with van der Waals surface area (Å²) in [6.07, 6.45) is 8.29. The fourth-order valence-electron chi connectivity index (χ4n) is 4.99. The van der Waals surface area contributed by atoms with Crippen LogP contribution in [0.3, 0.4) is 0 Å². The Balaban J connectivity index is 0.000000183. The van der Waals surface area contributed by atoms with Gasteiger partial charge in [-0.2, -0.15) is 0 Å². The summed E-state index contributed by atoms with van der Waals surface area (Å²) in [4.78, 5) is 44.0. The van der Waals surface area contributed by atoms with E-state index in [1.54, 1.807) is 31.4 Å². The standard InChI is InChI=1S/C17H23N3O.C13H17N3O2/c1-13-11-14(2)20(13)17-6-5-15(12-18-17)16(21)7-10-19-8-3-4-9-19;1-15-13(18)9-4-5-10(12(14)17)11(6-9)16-7-8-2-3-8/h5-6,12,14H,1,3-4,7-11H2,2H3;4-6,8,16H,2-3,7H2,1H3,(H2,14,17)(H,15,18). The number of rotatable bonds is 10. The van der Waals surface area contributed by atoms with Gasteiger partial charge in [-0.15, -0.1) is 0 Å². The Bertz CT molecular complexity index is 1200. The van der Waals surface area contributed by atoms with Crippen LogP contribution in [0.2, 0.25) is 0 Å². The third-order valence-corrected chi connectivity index (χ3v) is 7.54. The maximum atomic E-state index is 12.2. The number of carbonyl (C=O) groups excluding carboxylic acids is 3. The Morgan fingerprint density at radius 1 is 1.10 bits per heavy atom. The Hall–Kier alpha value is -3.72. The number of hydrogen-bond donors (Lipinski definition) is 3. The molecule has 1 saturated carbocycles. The number of nitrogens with two attached hydrogens (primary N) is 1. The van der Waals surface area contributed by atoms with Crippen molar-refractivity contribution in [3.05, 3.63) is 65.5 Å². The summed E-state index contributed by atoms with van der Waals surface area (Å²) >= 11 is 0. The first-order valence-electron chi connectivity index (χ1n) is 13.8. The first-order valence-corrected chi connectivity index (χ1v) is 13.8. The molecule has 208 valence electrons. The van der Waals surface area contributed by atoms with E-state index in [0.717, 1.165) is 49.7 Å². The molecule has 3 fully saturated rings. The lowest BCUT2D eigenvalue weighted by molar-refractivity contribution is 0.0956. The van der Waals surface area contributed by atoms with E-state index in [-0.39, 0.29) is 11.7 Å². The Morgan fingerprint density at radius 2 is 1.82 bits per heavy atom. The molecule has 9 nitrogen and oxygen atoms in total. The Kier molecular flexibility index (Phi) is 9.35. The molecule has 2 amide bonds. The second-order valence-electron chi connectivity index (χ2n) is 10.6. The molecule has 3 heterocycles. The summed E-state index contributed by atoms with van der Waals surface area (Å²) in [6, 6.07) is 9.14. The van der Waals surface area contributed by atoms with Gasteiger partial charge >= 0.3 is 0 Å². The van der Waals surface area contributed by atoms with Crippen molar-refractivity contribution in [3.63, 3.8) is 0 Å². The number of carbonyl (C=O) groups is 3. The fraction of sp³-hybridized carbons (Fsp3) is 0.467. The average molecular weight is 533 g/mol. The van der Waals surface area contributed by atoms with Gasteiger partial charge in [-0.05, 0) is 81.9 Å². The van der Waals surface area contributed by atoms with Crippen molar-refractivity contribution in [2.75, 3.05) is 43.4 Å². The zero-order valence-electron chi connectivity index (χ0n) is 23.0. The van der Waals surface area contributed by atoms with Crippen molar-refractivity contribution >= 4 is 29.1 Å². The molecule has 0 spiro atoms. The number of aromatic nitrogens is 1. The van der Waals surface area contributed by atoms with Crippen LogP contribution in [0.15, 0.2) is 48.8 Å². The van der Waals surface area contributed by atoms with Crippen LogP contribution in [0.1, 0.15) is 76.5 Å². The number of primary amides is 1. The van der Waals surface area contributed by atoms with Crippen molar-refractivity contribution in [3.8, 4) is 0 Å². The third-order valence-electron chi connectivity index (χ3n) is 7.54. The van der Waals surface area contributed by atoms with Gasteiger partial charge in [0.15, 0.2) is 5.78 Å². The van der Waals surface area contributed by atoms with E-state index in [2.05, 4.69) is 38.9 Å². The average Bonchev–Trinajstić information content (AvgIpc) is 3.62. The highest BCUT2D eigenvalue weighted by atomic mass is 16.2. The molecule has 0 radical (unpaired) electrons. The maximum Gasteiger partial charge on any atom is 0.251 e. The van der Waals surface area contributed by atoms with Crippen LogP contribution >= 0.6 is 0 Å². The Morgan fingerprint density at radius 3 is 2.38 bits per heavy atom. The molecule has 3 aliphatic rings. The van der Waals surface area contributed by atoms with Gasteiger partial charge in [-0.3, -0.25) is 14.4 Å². The van der Waals surface area contributed by atoms with Gasteiger partial charge in [0.05, 0.1) is 5.56 Å². The van der Waals surface area contributed by atoms with E-state index < -0.39 is 5.91 Å². The molecule has 1 atom stereocenters. The summed E-state index contributed by atoms with van der Waals surface area (Å²) in [6.45, 7) is 10.1. The van der Waals surface area contributed by atoms with E-state index in [1.807, 2.05) is 12.1 Å². The first kappa shape index (κ1) is 28.3. The monoisotopic (exact) mass is 532 g/mol. The largest absolute Gasteiger partial charge is 0.384 e. The van der Waals surface area contributed by atoms with Crippen molar-refractivity contribution in [1.82, 2.24) is 15.2 Å². The van der Waals surface area contributed by atoms with Crippen molar-refractivity contribution < 1.29 is 14.4 Å². The second-order valence-corrected chi connectivity index (χ2v) is 10.6. The molecule has 9 heteroatoms. The minimum atomic E-state index is -0.489. The van der Waals surface area contributed by atoms with Gasteiger partial charge in [0, 0.05) is 67.7 Å². The van der Waals surface area contributed by atoms with Crippen LogP contribution in [0, 0.1) is 5.92 Å². The number of amides is 2. The molecule has 1 aromatic carbocycles. The molecule has 1 aromatic heterocycles. The van der Waals surface area contributed by atoms with E-state index in [0.29, 0.717) is 35.2 Å². The molecule has 0 bridgehead atoms. The van der Waals surface area contributed by atoms with Crippen LogP contribution in [-0.4, -0.2) is 66.8 Å². The minimum absolute atomic E-state index is 0.180. The number of benzene rings is 1. The lowest BCUT2D eigenvalue weighted by Crippen LogP contribution is -2.43. The summed E-state index contributed by atoms with van der Waals surface area (Å²) < 4.78 is 0. The number of hydrogen-bond acceptors (Lipinski definition) is 7. The quantitative estimate of drug-likeness (QED) is 0.398. The predicted octanol–water partition coefficient (Wildman–Crippen LogP) is 3.83. The SMILES string of the molecule is C=C1CC(C)N1c1ccc(C(=O)CCN2CCCC2)cn1.CNC(=O)c1ccc(C(N)=O)c(NCC2CC2)c1. The van der Waals surface area contributed by atoms with Crippen LogP contribution < -0.4 is 21.3 Å². The molecule has 1 unspecified atom stereocenters. The number of nitrogens with zero attached hydrogens (tertiary/aromatic N) is 3. The first-order chi connectivity index (χ1) is 18.8. The number of pyridine rings is 1. The van der Waals surface area contributed by atoms with Gasteiger partial charge < -0.3 is 26.2 Å². The van der Waals surface area contributed by atoms with Crippen molar-refractivity contribution in [2.24, 2.45) is 11.7 Å². The number of ketones is 1. The van der Waals surface area contributed by atoms with Crippen LogP contribution in [0.4, 0.5) is 11.5 Å². The summed E-state index contributed by atoms with van der Waals surface area (Å²) in [5.74, 6) is 1.10. The summed E-state index contributed by atoms with van der Waals surface area (Å²) in [7, 11) is 1.57. The van der Waals surface area contributed by atoms with Gasteiger partial charge in [0.2, 0.25) is 0 Å². The maximum absolute atomic E-state index is 12.2. The lowest BCUT2D eigenvalue weighted by atomic mass is 10.0.